The molecule has 0 fully saturated rings. The molecule has 0 aliphatic carbocycles. The van der Waals surface area contributed by atoms with Gasteiger partial charge in [-0.3, -0.25) is 0 Å². The van der Waals surface area contributed by atoms with Crippen LogP contribution in [0.5, 0.6) is 0 Å². The van der Waals surface area contributed by atoms with E-state index >= 15 is 0 Å². The number of para-hydroxylation sites is 2. The number of nitriles is 1. The number of aryl methyl sites for hydroxylation is 1. The van der Waals surface area contributed by atoms with Crippen molar-refractivity contribution in [3.8, 4) is 28.6 Å². The second-order valence-electron chi connectivity index (χ2n) is 12.6. The predicted molar refractivity (Wildman–Crippen MR) is 203 cm³/mol. The predicted octanol–water partition coefficient (Wildman–Crippen LogP) is 12.1. The van der Waals surface area contributed by atoms with Crippen LogP contribution in [0.3, 0.4) is 0 Å². The molecule has 0 aliphatic heterocycles. The highest BCUT2D eigenvalue weighted by atomic mass is 32.1. The summed E-state index contributed by atoms with van der Waals surface area (Å²) in [4.78, 5) is 0. The Hall–Kier alpha value is -6.15. The first kappa shape index (κ1) is 27.0. The van der Waals surface area contributed by atoms with Crippen LogP contribution in [0.2, 0.25) is 0 Å². The van der Waals surface area contributed by atoms with Crippen molar-refractivity contribution in [3.63, 3.8) is 0 Å². The molecule has 0 radical (unpaired) electrons. The van der Waals surface area contributed by atoms with E-state index < -0.39 is 0 Å². The van der Waals surface area contributed by atoms with E-state index in [9.17, 15) is 5.26 Å². The Kier molecular flexibility index (Phi) is 5.72. The number of thiophene rings is 1. The molecule has 0 amide bonds. The maximum Gasteiger partial charge on any atom is 0.0991 e. The second-order valence-corrected chi connectivity index (χ2v) is 13.6. The van der Waals surface area contributed by atoms with Crippen LogP contribution >= 0.6 is 11.3 Å². The molecule has 3 nitrogen and oxygen atoms in total. The van der Waals surface area contributed by atoms with E-state index in [1.54, 1.807) is 0 Å². The molecule has 0 saturated carbocycles. The molecule has 7 aromatic carbocycles. The molecule has 3 heterocycles. The van der Waals surface area contributed by atoms with Crippen molar-refractivity contribution in [2.45, 2.75) is 6.92 Å². The Labute approximate surface area is 280 Å². The standard InChI is InChI=1S/C44H27N3S/c1-27-13-20-34-35-9-6-12-42(44(35)48-43(34)23-27)47-39-11-5-3-8-33(39)37-25-30(17-22-41(37)47)29-16-21-40-36(24-29)32-7-2-4-10-38(32)46(40)31-18-14-28(26-45)15-19-31/h2-25H,1H3. The lowest BCUT2D eigenvalue weighted by Gasteiger charge is -2.10. The first-order valence-electron chi connectivity index (χ1n) is 16.2. The van der Waals surface area contributed by atoms with Crippen LogP contribution in [0, 0.1) is 18.3 Å². The van der Waals surface area contributed by atoms with Gasteiger partial charge < -0.3 is 9.13 Å². The number of benzene rings is 7. The van der Waals surface area contributed by atoms with Gasteiger partial charge in [-0.2, -0.15) is 5.26 Å². The minimum atomic E-state index is 0.661. The average Bonchev–Trinajstić information content (AvgIpc) is 3.78. The molecular weight excluding hydrogens is 603 g/mol. The van der Waals surface area contributed by atoms with Crippen LogP contribution in [-0.2, 0) is 0 Å². The quantitative estimate of drug-likeness (QED) is 0.191. The minimum absolute atomic E-state index is 0.661. The number of aromatic nitrogens is 2. The van der Waals surface area contributed by atoms with Gasteiger partial charge >= 0.3 is 0 Å². The van der Waals surface area contributed by atoms with Crippen LogP contribution in [-0.4, -0.2) is 9.13 Å². The Bertz CT molecular complexity index is 2960. The third kappa shape index (κ3) is 3.86. The topological polar surface area (TPSA) is 33.6 Å². The van der Waals surface area contributed by atoms with Crippen LogP contribution in [0.15, 0.2) is 146 Å². The SMILES string of the molecule is Cc1ccc2c(c1)sc1c(-n3c4ccccc4c4cc(-c5ccc6c(c5)c5ccccc5n6-c5ccc(C#N)cc5)ccc43)cccc12. The smallest absolute Gasteiger partial charge is 0.0991 e. The summed E-state index contributed by atoms with van der Waals surface area (Å²) in [5.41, 5.74) is 11.3. The van der Waals surface area contributed by atoms with E-state index in [1.165, 1.54) is 75.1 Å². The number of rotatable bonds is 3. The molecular formula is C44H27N3S. The summed E-state index contributed by atoms with van der Waals surface area (Å²) >= 11 is 1.88. The fourth-order valence-corrected chi connectivity index (χ4v) is 8.90. The monoisotopic (exact) mass is 629 g/mol. The first-order valence-corrected chi connectivity index (χ1v) is 17.0. The number of fused-ring (bicyclic) bond motifs is 9. The molecule has 0 spiro atoms. The van der Waals surface area contributed by atoms with Gasteiger partial charge in [-0.25, -0.2) is 0 Å². The van der Waals surface area contributed by atoms with Crippen molar-refractivity contribution in [2.75, 3.05) is 0 Å². The lowest BCUT2D eigenvalue weighted by atomic mass is 10.0. The summed E-state index contributed by atoms with van der Waals surface area (Å²) in [5.74, 6) is 0. The van der Waals surface area contributed by atoms with Crippen LogP contribution in [0.1, 0.15) is 11.1 Å². The van der Waals surface area contributed by atoms with E-state index in [0.29, 0.717) is 5.56 Å². The molecule has 3 aromatic heterocycles. The molecule has 0 bridgehead atoms. The lowest BCUT2D eigenvalue weighted by molar-refractivity contribution is 1.18. The van der Waals surface area contributed by atoms with Crippen molar-refractivity contribution >= 4 is 75.1 Å². The highest BCUT2D eigenvalue weighted by molar-refractivity contribution is 7.26. The second kappa shape index (κ2) is 10.2. The van der Waals surface area contributed by atoms with Gasteiger partial charge in [0.1, 0.15) is 0 Å². The van der Waals surface area contributed by atoms with Crippen LogP contribution < -0.4 is 0 Å². The summed E-state index contributed by atoms with van der Waals surface area (Å²) in [6.45, 7) is 2.17. The van der Waals surface area contributed by atoms with Crippen molar-refractivity contribution < 1.29 is 0 Å². The summed E-state index contributed by atoms with van der Waals surface area (Å²) in [5, 5.41) is 16.9. The van der Waals surface area contributed by atoms with E-state index in [4.69, 9.17) is 0 Å². The molecule has 10 aromatic rings. The van der Waals surface area contributed by atoms with Gasteiger partial charge in [-0.1, -0.05) is 72.8 Å². The summed E-state index contributed by atoms with van der Waals surface area (Å²) in [6, 6.07) is 54.7. The van der Waals surface area contributed by atoms with E-state index in [-0.39, 0.29) is 0 Å². The molecule has 0 saturated heterocycles. The Balaban J connectivity index is 1.18. The zero-order valence-electron chi connectivity index (χ0n) is 26.1. The summed E-state index contributed by atoms with van der Waals surface area (Å²) in [7, 11) is 0. The minimum Gasteiger partial charge on any atom is -0.309 e. The summed E-state index contributed by atoms with van der Waals surface area (Å²) < 4.78 is 7.39. The molecule has 48 heavy (non-hydrogen) atoms. The summed E-state index contributed by atoms with van der Waals surface area (Å²) in [6.07, 6.45) is 0. The molecule has 0 aliphatic rings. The Morgan fingerprint density at radius 1 is 0.500 bits per heavy atom. The van der Waals surface area contributed by atoms with Gasteiger partial charge in [-0.05, 0) is 96.4 Å². The van der Waals surface area contributed by atoms with Gasteiger partial charge in [0, 0.05) is 42.7 Å². The zero-order valence-corrected chi connectivity index (χ0v) is 26.9. The number of nitrogens with zero attached hydrogens (tertiary/aromatic N) is 3. The Morgan fingerprint density at radius 2 is 1.10 bits per heavy atom. The third-order valence-corrected chi connectivity index (χ3v) is 11.0. The van der Waals surface area contributed by atoms with Crippen molar-refractivity contribution in [1.82, 2.24) is 9.13 Å². The van der Waals surface area contributed by atoms with Crippen molar-refractivity contribution in [1.29, 1.82) is 5.26 Å². The van der Waals surface area contributed by atoms with Gasteiger partial charge in [0.25, 0.3) is 0 Å². The maximum atomic E-state index is 9.35. The highest BCUT2D eigenvalue weighted by Gasteiger charge is 2.18. The van der Waals surface area contributed by atoms with Crippen LogP contribution in [0.4, 0.5) is 0 Å². The molecule has 224 valence electrons. The maximum absolute atomic E-state index is 9.35. The van der Waals surface area contributed by atoms with Gasteiger partial charge in [0.05, 0.1) is 44.1 Å². The molecule has 0 N–H and O–H groups in total. The third-order valence-electron chi connectivity index (χ3n) is 9.81. The van der Waals surface area contributed by atoms with Crippen LogP contribution in [0.25, 0.3) is 86.3 Å². The Morgan fingerprint density at radius 3 is 1.79 bits per heavy atom. The van der Waals surface area contributed by atoms with Crippen molar-refractivity contribution in [3.05, 3.63) is 157 Å². The normalized spacial score (nSPS) is 11.8. The molecule has 10 rings (SSSR count). The van der Waals surface area contributed by atoms with Gasteiger partial charge in [-0.15, -0.1) is 11.3 Å². The van der Waals surface area contributed by atoms with Gasteiger partial charge in [0.15, 0.2) is 0 Å². The van der Waals surface area contributed by atoms with E-state index in [1.807, 2.05) is 35.6 Å². The van der Waals surface area contributed by atoms with Crippen molar-refractivity contribution in [2.24, 2.45) is 0 Å². The number of hydrogen-bond acceptors (Lipinski definition) is 2. The molecule has 4 heteroatoms. The fourth-order valence-electron chi connectivity index (χ4n) is 7.59. The first-order chi connectivity index (χ1) is 23.7. The fraction of sp³-hybridized carbons (Fsp3) is 0.0227. The number of hydrogen-bond donors (Lipinski definition) is 0. The van der Waals surface area contributed by atoms with E-state index in [2.05, 4.69) is 143 Å². The molecule has 0 unspecified atom stereocenters. The lowest BCUT2D eigenvalue weighted by Crippen LogP contribution is -1.94. The zero-order chi connectivity index (χ0) is 31.9. The van der Waals surface area contributed by atoms with Gasteiger partial charge in [0.2, 0.25) is 0 Å². The largest absolute Gasteiger partial charge is 0.309 e. The highest BCUT2D eigenvalue weighted by Crippen LogP contribution is 2.42. The van der Waals surface area contributed by atoms with E-state index in [0.717, 1.165) is 16.7 Å². The molecule has 0 atom stereocenters. The average molecular weight is 630 g/mol.